The van der Waals surface area contributed by atoms with E-state index in [9.17, 15) is 9.59 Å². The van der Waals surface area contributed by atoms with Crippen LogP contribution in [0.25, 0.3) is 0 Å². The number of methoxy groups -OCH3 is 1. The Balaban J connectivity index is 2.59. The molecule has 20 heavy (non-hydrogen) atoms. The summed E-state index contributed by atoms with van der Waals surface area (Å²) in [6.07, 6.45) is 2.90. The molecule has 5 N–H and O–H groups in total. The lowest BCUT2D eigenvalue weighted by atomic mass is 10.2. The lowest BCUT2D eigenvalue weighted by Crippen LogP contribution is -2.45. The van der Waals surface area contributed by atoms with Gasteiger partial charge in [0.25, 0.3) is 5.91 Å². The summed E-state index contributed by atoms with van der Waals surface area (Å²) in [6.45, 7) is 2.40. The van der Waals surface area contributed by atoms with Crippen LogP contribution >= 0.6 is 0 Å². The Kier molecular flexibility index (Phi) is 6.41. The van der Waals surface area contributed by atoms with Gasteiger partial charge in [0.1, 0.15) is 6.04 Å². The van der Waals surface area contributed by atoms with Crippen molar-refractivity contribution >= 4 is 17.5 Å². The molecule has 0 bridgehead atoms. The number of aromatic nitrogens is 1. The number of carbonyl (C=O) groups is 2. The summed E-state index contributed by atoms with van der Waals surface area (Å²) in [7, 11) is 1.54. The Labute approximate surface area is 117 Å². The number of pyridine rings is 1. The number of hydrazine groups is 1. The highest BCUT2D eigenvalue weighted by Gasteiger charge is 2.18. The van der Waals surface area contributed by atoms with Crippen LogP contribution in [0.1, 0.15) is 17.3 Å². The number of carbonyl (C=O) groups excluding carboxylic acids is 2. The topological polar surface area (TPSA) is 118 Å². The van der Waals surface area contributed by atoms with Gasteiger partial charge in [-0.3, -0.25) is 20.4 Å². The van der Waals surface area contributed by atoms with Crippen LogP contribution in [0.3, 0.4) is 0 Å². The second-order valence-electron chi connectivity index (χ2n) is 4.04. The quantitative estimate of drug-likeness (QED) is 0.297. The molecule has 1 rings (SSSR count). The van der Waals surface area contributed by atoms with E-state index in [4.69, 9.17) is 10.6 Å². The van der Waals surface area contributed by atoms with E-state index < -0.39 is 11.9 Å². The molecular formula is C12H19N5O3. The van der Waals surface area contributed by atoms with Gasteiger partial charge in [-0.1, -0.05) is 0 Å². The summed E-state index contributed by atoms with van der Waals surface area (Å²) in [4.78, 5) is 27.6. The van der Waals surface area contributed by atoms with Crippen molar-refractivity contribution in [2.45, 2.75) is 13.0 Å². The van der Waals surface area contributed by atoms with E-state index in [2.05, 4.69) is 21.0 Å². The van der Waals surface area contributed by atoms with Crippen molar-refractivity contribution in [2.24, 2.45) is 5.84 Å². The van der Waals surface area contributed by atoms with E-state index in [0.29, 0.717) is 24.4 Å². The van der Waals surface area contributed by atoms with Crippen molar-refractivity contribution in [3.8, 4) is 0 Å². The van der Waals surface area contributed by atoms with Crippen molar-refractivity contribution < 1.29 is 14.3 Å². The molecule has 0 aliphatic heterocycles. The standard InChI is InChI=1S/C12H19N5O3/c1-8(11(18)15-5-6-20-2)16-12(19)9-3-4-14-7-10(9)17-13/h3-4,7-8,17H,5-6,13H2,1-2H3,(H,15,18)(H,16,19). The molecule has 0 saturated heterocycles. The second-order valence-corrected chi connectivity index (χ2v) is 4.04. The number of nitrogens with one attached hydrogen (secondary N) is 3. The van der Waals surface area contributed by atoms with Crippen molar-refractivity contribution in [2.75, 3.05) is 25.7 Å². The van der Waals surface area contributed by atoms with Gasteiger partial charge in [0.15, 0.2) is 0 Å². The fourth-order valence-corrected chi connectivity index (χ4v) is 1.48. The number of hydrogen-bond donors (Lipinski definition) is 4. The third-order valence-electron chi connectivity index (χ3n) is 2.57. The van der Waals surface area contributed by atoms with Crippen molar-refractivity contribution in [1.29, 1.82) is 0 Å². The van der Waals surface area contributed by atoms with E-state index in [0.717, 1.165) is 0 Å². The van der Waals surface area contributed by atoms with Gasteiger partial charge >= 0.3 is 0 Å². The molecule has 1 atom stereocenters. The molecule has 1 aromatic heterocycles. The summed E-state index contributed by atoms with van der Waals surface area (Å²) in [6, 6.07) is 0.846. The number of anilines is 1. The van der Waals surface area contributed by atoms with Crippen molar-refractivity contribution in [3.63, 3.8) is 0 Å². The molecule has 8 heteroatoms. The van der Waals surface area contributed by atoms with Crippen LogP contribution in [0, 0.1) is 0 Å². The van der Waals surface area contributed by atoms with Crippen LogP contribution in [0.15, 0.2) is 18.5 Å². The Hall–Kier alpha value is -2.19. The van der Waals surface area contributed by atoms with Crippen LogP contribution < -0.4 is 21.9 Å². The lowest BCUT2D eigenvalue weighted by Gasteiger charge is -2.15. The van der Waals surface area contributed by atoms with Gasteiger partial charge in [0, 0.05) is 19.9 Å². The lowest BCUT2D eigenvalue weighted by molar-refractivity contribution is -0.122. The smallest absolute Gasteiger partial charge is 0.254 e. The Morgan fingerprint density at radius 2 is 2.25 bits per heavy atom. The first-order valence-electron chi connectivity index (χ1n) is 6.08. The van der Waals surface area contributed by atoms with Gasteiger partial charge in [-0.05, 0) is 13.0 Å². The van der Waals surface area contributed by atoms with Crippen LogP contribution in [0.2, 0.25) is 0 Å². The molecule has 0 radical (unpaired) electrons. The first-order chi connectivity index (χ1) is 9.60. The zero-order valence-electron chi connectivity index (χ0n) is 11.5. The minimum Gasteiger partial charge on any atom is -0.383 e. The largest absolute Gasteiger partial charge is 0.383 e. The molecular weight excluding hydrogens is 262 g/mol. The minimum absolute atomic E-state index is 0.285. The third-order valence-corrected chi connectivity index (χ3v) is 2.57. The van der Waals surface area contributed by atoms with Crippen LogP contribution in [-0.4, -0.2) is 43.1 Å². The fraction of sp³-hybridized carbons (Fsp3) is 0.417. The second kappa shape index (κ2) is 8.08. The van der Waals surface area contributed by atoms with Crippen LogP contribution in [0.5, 0.6) is 0 Å². The maximum atomic E-state index is 12.0. The fourth-order valence-electron chi connectivity index (χ4n) is 1.48. The molecule has 1 heterocycles. The molecule has 8 nitrogen and oxygen atoms in total. The normalized spacial score (nSPS) is 11.6. The van der Waals surface area contributed by atoms with Crippen LogP contribution in [0.4, 0.5) is 5.69 Å². The summed E-state index contributed by atoms with van der Waals surface area (Å²) >= 11 is 0. The number of nitrogens with two attached hydrogens (primary N) is 1. The van der Waals surface area contributed by atoms with E-state index >= 15 is 0 Å². The van der Waals surface area contributed by atoms with E-state index in [-0.39, 0.29) is 5.91 Å². The summed E-state index contributed by atoms with van der Waals surface area (Å²) in [5, 5.41) is 5.22. The van der Waals surface area contributed by atoms with Gasteiger partial charge in [-0.25, -0.2) is 0 Å². The highest BCUT2D eigenvalue weighted by molar-refractivity contribution is 6.01. The molecule has 0 aliphatic carbocycles. The number of nitrogens with zero attached hydrogens (tertiary/aromatic N) is 1. The minimum atomic E-state index is -0.668. The molecule has 0 spiro atoms. The average Bonchev–Trinajstić information content (AvgIpc) is 2.47. The SMILES string of the molecule is COCCNC(=O)C(C)NC(=O)c1ccncc1NN. The number of rotatable bonds is 7. The van der Waals surface area contributed by atoms with Crippen molar-refractivity contribution in [1.82, 2.24) is 15.6 Å². The maximum absolute atomic E-state index is 12.0. The number of amides is 2. The Morgan fingerprint density at radius 3 is 2.90 bits per heavy atom. The predicted octanol–water partition coefficient (Wildman–Crippen LogP) is -0.752. The predicted molar refractivity (Wildman–Crippen MR) is 73.9 cm³/mol. The molecule has 0 saturated carbocycles. The zero-order chi connectivity index (χ0) is 15.0. The highest BCUT2D eigenvalue weighted by Crippen LogP contribution is 2.11. The molecule has 0 fully saturated rings. The van der Waals surface area contributed by atoms with Gasteiger partial charge in [0.2, 0.25) is 5.91 Å². The Bertz CT molecular complexity index is 466. The summed E-state index contributed by atoms with van der Waals surface area (Å²) in [5.74, 6) is 4.60. The Morgan fingerprint density at radius 1 is 1.50 bits per heavy atom. The zero-order valence-corrected chi connectivity index (χ0v) is 11.5. The number of hydrogen-bond acceptors (Lipinski definition) is 6. The molecule has 0 aromatic carbocycles. The van der Waals surface area contributed by atoms with E-state index in [1.165, 1.54) is 18.5 Å². The van der Waals surface area contributed by atoms with Gasteiger partial charge < -0.3 is 20.8 Å². The molecule has 110 valence electrons. The van der Waals surface area contributed by atoms with E-state index in [1.807, 2.05) is 0 Å². The first-order valence-corrected chi connectivity index (χ1v) is 6.08. The van der Waals surface area contributed by atoms with Crippen molar-refractivity contribution in [3.05, 3.63) is 24.0 Å². The van der Waals surface area contributed by atoms with Gasteiger partial charge in [-0.15, -0.1) is 0 Å². The monoisotopic (exact) mass is 281 g/mol. The molecule has 1 aromatic rings. The summed E-state index contributed by atoms with van der Waals surface area (Å²) < 4.78 is 4.82. The summed E-state index contributed by atoms with van der Waals surface area (Å²) in [5.41, 5.74) is 3.09. The highest BCUT2D eigenvalue weighted by atomic mass is 16.5. The maximum Gasteiger partial charge on any atom is 0.254 e. The molecule has 2 amide bonds. The molecule has 0 aliphatic rings. The average molecular weight is 281 g/mol. The number of ether oxygens (including phenoxy) is 1. The molecule has 1 unspecified atom stereocenters. The van der Waals surface area contributed by atoms with E-state index in [1.54, 1.807) is 14.0 Å². The van der Waals surface area contributed by atoms with Crippen LogP contribution in [-0.2, 0) is 9.53 Å². The number of nitrogen functional groups attached to an aromatic ring is 1. The third kappa shape index (κ3) is 4.48. The first kappa shape index (κ1) is 15.9. The van der Waals surface area contributed by atoms with Gasteiger partial charge in [0.05, 0.1) is 24.1 Å². The van der Waals surface area contributed by atoms with Gasteiger partial charge in [-0.2, -0.15) is 0 Å².